The van der Waals surface area contributed by atoms with Gasteiger partial charge in [-0.2, -0.15) is 5.10 Å². The van der Waals surface area contributed by atoms with Gasteiger partial charge < -0.3 is 5.11 Å². The normalized spacial score (nSPS) is 26.4. The first-order valence-corrected chi connectivity index (χ1v) is 7.34. The smallest absolute Gasteiger partial charge is 0.0917 e. The fourth-order valence-electron chi connectivity index (χ4n) is 3.75. The lowest BCUT2D eigenvalue weighted by atomic mass is 9.99. The number of aromatic nitrogens is 2. The van der Waals surface area contributed by atoms with Gasteiger partial charge >= 0.3 is 0 Å². The van der Waals surface area contributed by atoms with Crippen LogP contribution in [0.4, 0.5) is 0 Å². The van der Waals surface area contributed by atoms with Gasteiger partial charge in [0.15, 0.2) is 0 Å². The van der Waals surface area contributed by atoms with Gasteiger partial charge in [0.1, 0.15) is 0 Å². The molecule has 3 atom stereocenters. The Morgan fingerprint density at radius 2 is 2.15 bits per heavy atom. The van der Waals surface area contributed by atoms with Crippen molar-refractivity contribution in [1.82, 2.24) is 15.1 Å². The Bertz CT molecular complexity index is 595. The van der Waals surface area contributed by atoms with Gasteiger partial charge in [0.2, 0.25) is 0 Å². The van der Waals surface area contributed by atoms with Crippen molar-refractivity contribution >= 4 is 0 Å². The molecule has 20 heavy (non-hydrogen) atoms. The number of benzene rings is 1. The first kappa shape index (κ1) is 12.1. The maximum absolute atomic E-state index is 10.5. The van der Waals surface area contributed by atoms with Gasteiger partial charge in [-0.15, -0.1) is 0 Å². The molecule has 1 aromatic carbocycles. The van der Waals surface area contributed by atoms with Crippen LogP contribution in [0.15, 0.2) is 36.5 Å². The second-order valence-electron chi connectivity index (χ2n) is 5.88. The minimum Gasteiger partial charge on any atom is -0.387 e. The first-order chi connectivity index (χ1) is 9.83. The van der Waals surface area contributed by atoms with Crippen LogP contribution >= 0.6 is 0 Å². The van der Waals surface area contributed by atoms with Gasteiger partial charge in [-0.1, -0.05) is 30.3 Å². The van der Waals surface area contributed by atoms with Crippen molar-refractivity contribution in [3.8, 4) is 0 Å². The van der Waals surface area contributed by atoms with Crippen molar-refractivity contribution in [1.29, 1.82) is 0 Å². The van der Waals surface area contributed by atoms with Gasteiger partial charge in [0.05, 0.1) is 12.3 Å². The number of aliphatic hydroxyl groups excluding tert-OH is 1. The van der Waals surface area contributed by atoms with E-state index in [1.807, 2.05) is 36.5 Å². The van der Waals surface area contributed by atoms with Crippen molar-refractivity contribution < 1.29 is 5.11 Å². The summed E-state index contributed by atoms with van der Waals surface area (Å²) in [6.45, 7) is 0.712. The minimum atomic E-state index is -0.409. The molecule has 104 valence electrons. The number of nitrogens with zero attached hydrogens (tertiary/aromatic N) is 2. The standard InChI is InChI=1S/C16H19N3O/c20-16(11-4-2-1-3-5-11)10-19-12-6-7-15(19)13-9-17-18-14(13)8-12/h1-5,9,12,15-16,20H,6-8,10H2,(H,17,18)/t12?,15?,16-/m1/s1. The van der Waals surface area contributed by atoms with E-state index in [1.165, 1.54) is 24.1 Å². The van der Waals surface area contributed by atoms with Crippen molar-refractivity contribution in [2.24, 2.45) is 0 Å². The van der Waals surface area contributed by atoms with Crippen molar-refractivity contribution in [3.63, 3.8) is 0 Å². The van der Waals surface area contributed by atoms with Gasteiger partial charge in [-0.3, -0.25) is 10.00 Å². The molecule has 2 bridgehead atoms. The largest absolute Gasteiger partial charge is 0.387 e. The van der Waals surface area contributed by atoms with E-state index in [9.17, 15) is 5.11 Å². The topological polar surface area (TPSA) is 52.1 Å². The molecule has 2 aliphatic rings. The first-order valence-electron chi connectivity index (χ1n) is 7.34. The molecule has 1 aromatic heterocycles. The van der Waals surface area contributed by atoms with Gasteiger partial charge in [0.25, 0.3) is 0 Å². The van der Waals surface area contributed by atoms with E-state index in [0.717, 1.165) is 12.0 Å². The van der Waals surface area contributed by atoms with Crippen LogP contribution in [0.1, 0.15) is 41.8 Å². The molecule has 0 saturated carbocycles. The van der Waals surface area contributed by atoms with Crippen LogP contribution in [-0.4, -0.2) is 32.8 Å². The van der Waals surface area contributed by atoms with Crippen LogP contribution in [0.5, 0.6) is 0 Å². The number of hydrogen-bond donors (Lipinski definition) is 2. The Morgan fingerprint density at radius 1 is 1.30 bits per heavy atom. The average molecular weight is 269 g/mol. The highest BCUT2D eigenvalue weighted by molar-refractivity contribution is 5.28. The molecule has 0 amide bonds. The lowest BCUT2D eigenvalue weighted by molar-refractivity contribution is 0.0766. The van der Waals surface area contributed by atoms with E-state index in [0.29, 0.717) is 18.6 Å². The molecular formula is C16H19N3O. The molecule has 3 heterocycles. The summed E-state index contributed by atoms with van der Waals surface area (Å²) >= 11 is 0. The van der Waals surface area contributed by atoms with Gasteiger partial charge in [0, 0.05) is 36.3 Å². The molecule has 0 aliphatic carbocycles. The number of rotatable bonds is 3. The van der Waals surface area contributed by atoms with Crippen LogP contribution in [0.2, 0.25) is 0 Å². The molecule has 2 aliphatic heterocycles. The fraction of sp³-hybridized carbons (Fsp3) is 0.438. The Balaban J connectivity index is 1.56. The number of H-pyrrole nitrogens is 1. The zero-order valence-electron chi connectivity index (χ0n) is 11.4. The van der Waals surface area contributed by atoms with Crippen LogP contribution in [0, 0.1) is 0 Å². The Morgan fingerprint density at radius 3 is 3.00 bits per heavy atom. The molecule has 4 rings (SSSR count). The molecular weight excluding hydrogens is 250 g/mol. The quantitative estimate of drug-likeness (QED) is 0.898. The molecule has 0 radical (unpaired) electrons. The zero-order chi connectivity index (χ0) is 13.5. The van der Waals surface area contributed by atoms with Crippen molar-refractivity contribution in [2.75, 3.05) is 6.54 Å². The number of fused-ring (bicyclic) bond motifs is 4. The molecule has 4 heteroatoms. The van der Waals surface area contributed by atoms with Gasteiger partial charge in [-0.05, 0) is 18.4 Å². The lowest BCUT2D eigenvalue weighted by Crippen LogP contribution is -2.39. The summed E-state index contributed by atoms with van der Waals surface area (Å²) in [7, 11) is 0. The average Bonchev–Trinajstić information content (AvgIpc) is 3.05. The number of aliphatic hydroxyl groups is 1. The third-order valence-corrected chi connectivity index (χ3v) is 4.76. The summed E-state index contributed by atoms with van der Waals surface area (Å²) in [5.74, 6) is 0. The number of nitrogens with one attached hydrogen (secondary N) is 1. The van der Waals surface area contributed by atoms with Crippen LogP contribution in [0.3, 0.4) is 0 Å². The second-order valence-corrected chi connectivity index (χ2v) is 5.88. The third-order valence-electron chi connectivity index (χ3n) is 4.76. The van der Waals surface area contributed by atoms with E-state index in [1.54, 1.807) is 0 Å². The number of aromatic amines is 1. The third kappa shape index (κ3) is 1.87. The van der Waals surface area contributed by atoms with Crippen molar-refractivity contribution in [3.05, 3.63) is 53.3 Å². The number of hydrogen-bond acceptors (Lipinski definition) is 3. The maximum atomic E-state index is 10.5. The summed E-state index contributed by atoms with van der Waals surface area (Å²) < 4.78 is 0. The molecule has 2 N–H and O–H groups in total. The highest BCUT2D eigenvalue weighted by Crippen LogP contribution is 2.43. The summed E-state index contributed by atoms with van der Waals surface area (Å²) in [6.07, 6.45) is 4.98. The highest BCUT2D eigenvalue weighted by Gasteiger charge is 2.41. The Labute approximate surface area is 118 Å². The SMILES string of the molecule is O[C@H](CN1C2CCC1c1cn[nH]c1C2)c1ccccc1. The zero-order valence-corrected chi connectivity index (χ0v) is 11.4. The predicted octanol–water partition coefficient (Wildman–Crippen LogP) is 2.20. The highest BCUT2D eigenvalue weighted by atomic mass is 16.3. The van der Waals surface area contributed by atoms with E-state index in [2.05, 4.69) is 15.1 Å². The summed E-state index contributed by atoms with van der Waals surface area (Å²) in [4.78, 5) is 2.47. The summed E-state index contributed by atoms with van der Waals surface area (Å²) in [6, 6.07) is 10.9. The monoisotopic (exact) mass is 269 g/mol. The minimum absolute atomic E-state index is 0.409. The van der Waals surface area contributed by atoms with Gasteiger partial charge in [-0.25, -0.2) is 0 Å². The van der Waals surface area contributed by atoms with Crippen LogP contribution in [-0.2, 0) is 6.42 Å². The maximum Gasteiger partial charge on any atom is 0.0917 e. The summed E-state index contributed by atoms with van der Waals surface area (Å²) in [5, 5.41) is 17.8. The van der Waals surface area contributed by atoms with Crippen LogP contribution < -0.4 is 0 Å². The summed E-state index contributed by atoms with van der Waals surface area (Å²) in [5.41, 5.74) is 3.63. The van der Waals surface area contributed by atoms with E-state index in [4.69, 9.17) is 0 Å². The van der Waals surface area contributed by atoms with E-state index < -0.39 is 6.10 Å². The fourth-order valence-corrected chi connectivity index (χ4v) is 3.75. The molecule has 2 aromatic rings. The Hall–Kier alpha value is -1.65. The predicted molar refractivity (Wildman–Crippen MR) is 76.2 cm³/mol. The molecule has 2 unspecified atom stereocenters. The van der Waals surface area contributed by atoms with Crippen molar-refractivity contribution in [2.45, 2.75) is 37.5 Å². The van der Waals surface area contributed by atoms with E-state index >= 15 is 0 Å². The van der Waals surface area contributed by atoms with Crippen LogP contribution in [0.25, 0.3) is 0 Å². The second kappa shape index (κ2) is 4.72. The lowest BCUT2D eigenvalue weighted by Gasteiger charge is -2.35. The van der Waals surface area contributed by atoms with E-state index in [-0.39, 0.29) is 0 Å². The molecule has 4 nitrogen and oxygen atoms in total. The molecule has 1 saturated heterocycles. The molecule has 1 fully saturated rings. The Kier molecular flexibility index (Phi) is 2.86. The molecule has 0 spiro atoms.